The fourth-order valence-corrected chi connectivity index (χ4v) is 2.98. The first-order valence-corrected chi connectivity index (χ1v) is 5.42. The topological polar surface area (TPSA) is 25.8 Å². The molecule has 0 fully saturated rings. The number of nitrogens with zero attached hydrogens (tertiary/aromatic N) is 2. The molecule has 0 amide bonds. The summed E-state index contributed by atoms with van der Waals surface area (Å²) in [6.07, 6.45) is 6.71. The number of hydrogen-bond acceptors (Lipinski definition) is 2. The van der Waals surface area contributed by atoms with Crippen LogP contribution < -0.4 is 0 Å². The van der Waals surface area contributed by atoms with Crippen LogP contribution in [0.2, 0.25) is 10.3 Å². The molecular formula is C10H8Cl2N2. The normalized spacial score (nSPS) is 27.9. The first kappa shape index (κ1) is 8.69. The predicted molar refractivity (Wildman–Crippen MR) is 55.9 cm³/mol. The molecule has 0 aromatic carbocycles. The Labute approximate surface area is 91.9 Å². The Morgan fingerprint density at radius 1 is 0.929 bits per heavy atom. The highest BCUT2D eigenvalue weighted by Crippen LogP contribution is 2.48. The van der Waals surface area contributed by atoms with Crippen molar-refractivity contribution in [2.24, 2.45) is 0 Å². The van der Waals surface area contributed by atoms with Gasteiger partial charge in [-0.15, -0.1) is 10.2 Å². The van der Waals surface area contributed by atoms with E-state index in [4.69, 9.17) is 23.2 Å². The molecule has 2 atom stereocenters. The van der Waals surface area contributed by atoms with Gasteiger partial charge in [0.25, 0.3) is 0 Å². The second-order valence-electron chi connectivity index (χ2n) is 3.78. The smallest absolute Gasteiger partial charge is 0.137 e. The van der Waals surface area contributed by atoms with Gasteiger partial charge < -0.3 is 0 Å². The first-order valence-electron chi connectivity index (χ1n) is 4.67. The molecule has 0 saturated heterocycles. The maximum absolute atomic E-state index is 6.04. The standard InChI is InChI=1S/C10H8Cl2N2/c11-9-7-5-1-2-6(4-3-5)8(7)10(12)14-13-9/h1-2,5-6H,3-4H2. The van der Waals surface area contributed by atoms with E-state index in [2.05, 4.69) is 22.3 Å². The average Bonchev–Trinajstić information content (AvgIpc) is 2.25. The van der Waals surface area contributed by atoms with Crippen LogP contribution in [0.5, 0.6) is 0 Å². The maximum Gasteiger partial charge on any atom is 0.155 e. The Morgan fingerprint density at radius 3 is 1.71 bits per heavy atom. The Hall–Kier alpha value is -0.600. The van der Waals surface area contributed by atoms with Crippen LogP contribution in [0.15, 0.2) is 12.2 Å². The van der Waals surface area contributed by atoms with Gasteiger partial charge in [0.15, 0.2) is 10.3 Å². The Kier molecular flexibility index (Phi) is 1.83. The summed E-state index contributed by atoms with van der Waals surface area (Å²) in [4.78, 5) is 0. The van der Waals surface area contributed by atoms with Gasteiger partial charge >= 0.3 is 0 Å². The fraction of sp³-hybridized carbons (Fsp3) is 0.400. The monoisotopic (exact) mass is 226 g/mol. The quantitative estimate of drug-likeness (QED) is 0.635. The van der Waals surface area contributed by atoms with Crippen LogP contribution in [0.4, 0.5) is 0 Å². The molecule has 4 heteroatoms. The van der Waals surface area contributed by atoms with Gasteiger partial charge in [-0.05, 0) is 12.8 Å². The van der Waals surface area contributed by atoms with Crippen molar-refractivity contribution in [2.45, 2.75) is 24.7 Å². The van der Waals surface area contributed by atoms with Crippen LogP contribution in [-0.4, -0.2) is 10.2 Å². The molecular weight excluding hydrogens is 219 g/mol. The van der Waals surface area contributed by atoms with Crippen molar-refractivity contribution < 1.29 is 0 Å². The van der Waals surface area contributed by atoms with Gasteiger partial charge in [0.1, 0.15) is 0 Å². The number of aromatic nitrogens is 2. The number of hydrogen-bond donors (Lipinski definition) is 0. The molecule has 3 aliphatic carbocycles. The van der Waals surface area contributed by atoms with Crippen molar-refractivity contribution in [3.05, 3.63) is 33.6 Å². The lowest BCUT2D eigenvalue weighted by atomic mass is 9.73. The predicted octanol–water partition coefficient (Wildman–Crippen LogP) is 3.31. The first-order chi connectivity index (χ1) is 6.77. The van der Waals surface area contributed by atoms with E-state index in [0.29, 0.717) is 22.1 Å². The third kappa shape index (κ3) is 1.04. The molecule has 3 aliphatic rings. The molecule has 0 aliphatic heterocycles. The van der Waals surface area contributed by atoms with E-state index in [1.807, 2.05) is 0 Å². The van der Waals surface area contributed by atoms with E-state index < -0.39 is 0 Å². The van der Waals surface area contributed by atoms with Crippen molar-refractivity contribution in [3.63, 3.8) is 0 Å². The highest BCUT2D eigenvalue weighted by atomic mass is 35.5. The Morgan fingerprint density at radius 2 is 1.36 bits per heavy atom. The zero-order valence-electron chi connectivity index (χ0n) is 7.37. The second kappa shape index (κ2) is 2.94. The minimum Gasteiger partial charge on any atom is -0.137 e. The van der Waals surface area contributed by atoms with Crippen molar-refractivity contribution in [1.82, 2.24) is 10.2 Å². The Balaban J connectivity index is 2.31. The molecule has 4 rings (SSSR count). The van der Waals surface area contributed by atoms with Crippen LogP contribution >= 0.6 is 23.2 Å². The largest absolute Gasteiger partial charge is 0.155 e. The zero-order valence-corrected chi connectivity index (χ0v) is 8.89. The van der Waals surface area contributed by atoms with Crippen LogP contribution in [0.3, 0.4) is 0 Å². The van der Waals surface area contributed by atoms with Crippen molar-refractivity contribution >= 4 is 23.2 Å². The molecule has 72 valence electrons. The molecule has 1 aromatic heterocycles. The lowest BCUT2D eigenvalue weighted by Gasteiger charge is -2.33. The summed E-state index contributed by atoms with van der Waals surface area (Å²) in [5, 5.41) is 8.75. The van der Waals surface area contributed by atoms with E-state index in [1.165, 1.54) is 0 Å². The lowest BCUT2D eigenvalue weighted by molar-refractivity contribution is 0.547. The van der Waals surface area contributed by atoms with Gasteiger partial charge in [0, 0.05) is 23.0 Å². The third-order valence-corrected chi connectivity index (χ3v) is 3.62. The van der Waals surface area contributed by atoms with Gasteiger partial charge in [0.2, 0.25) is 0 Å². The number of allylic oxidation sites excluding steroid dienone is 2. The molecule has 2 unspecified atom stereocenters. The summed E-state index contributed by atoms with van der Waals surface area (Å²) in [7, 11) is 0. The summed E-state index contributed by atoms with van der Waals surface area (Å²) in [6.45, 7) is 0. The molecule has 0 N–H and O–H groups in total. The van der Waals surface area contributed by atoms with Gasteiger partial charge in [-0.3, -0.25) is 0 Å². The SMILES string of the molecule is Clc1nnc(Cl)c2c1C1C=CC2CC1. The summed E-state index contributed by atoms with van der Waals surface area (Å²) in [5.74, 6) is 0.797. The molecule has 1 heterocycles. The van der Waals surface area contributed by atoms with E-state index >= 15 is 0 Å². The maximum atomic E-state index is 6.04. The van der Waals surface area contributed by atoms with Crippen LogP contribution in [0.25, 0.3) is 0 Å². The average molecular weight is 227 g/mol. The van der Waals surface area contributed by atoms with Crippen LogP contribution in [0.1, 0.15) is 35.8 Å². The van der Waals surface area contributed by atoms with E-state index in [9.17, 15) is 0 Å². The molecule has 14 heavy (non-hydrogen) atoms. The Bertz CT molecular complexity index is 389. The molecule has 2 bridgehead atoms. The van der Waals surface area contributed by atoms with E-state index in [1.54, 1.807) is 0 Å². The van der Waals surface area contributed by atoms with E-state index in [0.717, 1.165) is 24.0 Å². The van der Waals surface area contributed by atoms with Gasteiger partial charge in [-0.1, -0.05) is 35.4 Å². The van der Waals surface area contributed by atoms with E-state index in [-0.39, 0.29) is 0 Å². The fourth-order valence-electron chi connectivity index (χ4n) is 2.42. The minimum atomic E-state index is 0.399. The van der Waals surface area contributed by atoms with Gasteiger partial charge in [0.05, 0.1) is 0 Å². The molecule has 1 aromatic rings. The molecule has 2 nitrogen and oxygen atoms in total. The van der Waals surface area contributed by atoms with Crippen LogP contribution in [-0.2, 0) is 0 Å². The number of rotatable bonds is 0. The summed E-state index contributed by atoms with van der Waals surface area (Å²) >= 11 is 12.1. The van der Waals surface area contributed by atoms with Gasteiger partial charge in [-0.25, -0.2) is 0 Å². The van der Waals surface area contributed by atoms with Crippen LogP contribution in [0, 0.1) is 0 Å². The second-order valence-corrected chi connectivity index (χ2v) is 4.50. The van der Waals surface area contributed by atoms with Crippen molar-refractivity contribution in [1.29, 1.82) is 0 Å². The highest BCUT2D eigenvalue weighted by Gasteiger charge is 2.33. The molecule has 0 spiro atoms. The summed E-state index contributed by atoms with van der Waals surface area (Å²) in [5.41, 5.74) is 2.20. The van der Waals surface area contributed by atoms with Gasteiger partial charge in [-0.2, -0.15) is 0 Å². The summed E-state index contributed by atoms with van der Waals surface area (Å²) < 4.78 is 0. The number of fused-ring (bicyclic) bond motifs is 1. The molecule has 0 saturated carbocycles. The lowest BCUT2D eigenvalue weighted by Crippen LogP contribution is -2.19. The zero-order chi connectivity index (χ0) is 9.71. The highest BCUT2D eigenvalue weighted by molar-refractivity contribution is 6.32. The third-order valence-electron chi connectivity index (χ3n) is 3.07. The van der Waals surface area contributed by atoms with Crippen molar-refractivity contribution in [2.75, 3.05) is 0 Å². The summed E-state index contributed by atoms with van der Waals surface area (Å²) in [6, 6.07) is 0. The van der Waals surface area contributed by atoms with Crippen molar-refractivity contribution in [3.8, 4) is 0 Å². The molecule has 0 radical (unpaired) electrons. The minimum absolute atomic E-state index is 0.399. The number of halogens is 2.